The predicted octanol–water partition coefficient (Wildman–Crippen LogP) is 4.23. The Hall–Kier alpha value is -2.98. The van der Waals surface area contributed by atoms with Gasteiger partial charge in [0.2, 0.25) is 0 Å². The number of ether oxygens (including phenoxy) is 1. The van der Waals surface area contributed by atoms with Crippen LogP contribution in [0.2, 0.25) is 0 Å². The van der Waals surface area contributed by atoms with Crippen LogP contribution in [0, 0.1) is 17.0 Å². The highest BCUT2D eigenvalue weighted by Crippen LogP contribution is 2.33. The van der Waals surface area contributed by atoms with E-state index >= 15 is 0 Å². The van der Waals surface area contributed by atoms with Crippen molar-refractivity contribution in [1.29, 1.82) is 0 Å². The van der Waals surface area contributed by atoms with Crippen LogP contribution in [0.1, 0.15) is 11.8 Å². The van der Waals surface area contributed by atoms with E-state index in [9.17, 15) is 18.5 Å². The largest absolute Gasteiger partial charge is 0.494 e. The number of hydrogen-bond donors (Lipinski definition) is 1. The third-order valence-corrected chi connectivity index (χ3v) is 6.21. The van der Waals surface area contributed by atoms with Crippen molar-refractivity contribution in [3.63, 3.8) is 0 Å². The molecule has 0 bridgehead atoms. The number of anilines is 1. The monoisotopic (exact) mass is 419 g/mol. The summed E-state index contributed by atoms with van der Waals surface area (Å²) in [6, 6.07) is 12.5. The zero-order valence-corrected chi connectivity index (χ0v) is 16.7. The molecule has 1 heterocycles. The average Bonchev–Trinajstić information content (AvgIpc) is 3.02. The molecule has 0 atom stereocenters. The van der Waals surface area contributed by atoms with Crippen LogP contribution < -0.4 is 9.46 Å². The molecule has 3 aromatic rings. The molecule has 0 unspecified atom stereocenters. The van der Waals surface area contributed by atoms with E-state index in [-0.39, 0.29) is 5.13 Å². The standard InChI is InChI=1S/C18H17N3O5S2/c1-3-26-14-10-8-13(9-11-14)17-12(2)27-18(19-17)20-28(24,25)16-7-5-4-6-15(16)21(22)23/h4-11H,3H2,1-2H3,(H,19,20). The summed E-state index contributed by atoms with van der Waals surface area (Å²) in [5, 5.41) is 11.3. The van der Waals surface area contributed by atoms with Crippen LogP contribution in [-0.2, 0) is 10.0 Å². The average molecular weight is 419 g/mol. The van der Waals surface area contributed by atoms with Crippen LogP contribution >= 0.6 is 11.3 Å². The summed E-state index contributed by atoms with van der Waals surface area (Å²) in [7, 11) is -4.15. The van der Waals surface area contributed by atoms with Crippen molar-refractivity contribution < 1.29 is 18.1 Å². The molecule has 0 aliphatic carbocycles. The van der Waals surface area contributed by atoms with E-state index in [0.29, 0.717) is 12.3 Å². The van der Waals surface area contributed by atoms with Crippen molar-refractivity contribution in [2.45, 2.75) is 18.7 Å². The topological polar surface area (TPSA) is 111 Å². The summed E-state index contributed by atoms with van der Waals surface area (Å²) in [6.45, 7) is 4.28. The predicted molar refractivity (Wildman–Crippen MR) is 107 cm³/mol. The first-order valence-corrected chi connectivity index (χ1v) is 10.6. The number of benzene rings is 2. The Morgan fingerprint density at radius 2 is 1.86 bits per heavy atom. The Morgan fingerprint density at radius 1 is 1.18 bits per heavy atom. The van der Waals surface area contributed by atoms with E-state index in [1.165, 1.54) is 18.2 Å². The number of nitro benzene ring substituents is 1. The fourth-order valence-corrected chi connectivity index (χ4v) is 4.83. The highest BCUT2D eigenvalue weighted by molar-refractivity contribution is 7.93. The lowest BCUT2D eigenvalue weighted by Gasteiger charge is -2.05. The van der Waals surface area contributed by atoms with Crippen molar-refractivity contribution in [1.82, 2.24) is 4.98 Å². The zero-order valence-electron chi connectivity index (χ0n) is 15.1. The Bertz CT molecular complexity index is 1110. The van der Waals surface area contributed by atoms with Crippen molar-refractivity contribution in [3.05, 3.63) is 63.5 Å². The first-order chi connectivity index (χ1) is 13.3. The van der Waals surface area contributed by atoms with Crippen LogP contribution in [0.25, 0.3) is 11.3 Å². The highest BCUT2D eigenvalue weighted by atomic mass is 32.2. The van der Waals surface area contributed by atoms with E-state index in [0.717, 1.165) is 33.6 Å². The quantitative estimate of drug-likeness (QED) is 0.453. The first kappa shape index (κ1) is 19.8. The molecule has 0 aliphatic rings. The number of sulfonamides is 1. The number of thiazole rings is 1. The molecule has 0 radical (unpaired) electrons. The molecule has 2 aromatic carbocycles. The second-order valence-electron chi connectivity index (χ2n) is 5.71. The molecule has 0 spiro atoms. The zero-order chi connectivity index (χ0) is 20.3. The lowest BCUT2D eigenvalue weighted by atomic mass is 10.1. The second kappa shape index (κ2) is 7.95. The van der Waals surface area contributed by atoms with Crippen molar-refractivity contribution in [3.8, 4) is 17.0 Å². The van der Waals surface area contributed by atoms with E-state index in [1.807, 2.05) is 38.1 Å². The lowest BCUT2D eigenvalue weighted by molar-refractivity contribution is -0.387. The molecule has 8 nitrogen and oxygen atoms in total. The smallest absolute Gasteiger partial charge is 0.289 e. The Morgan fingerprint density at radius 3 is 2.50 bits per heavy atom. The molecule has 0 saturated heterocycles. The Labute approximate surface area is 166 Å². The molecule has 0 saturated carbocycles. The van der Waals surface area contributed by atoms with Gasteiger partial charge in [0.1, 0.15) is 5.75 Å². The first-order valence-electron chi connectivity index (χ1n) is 8.28. The maximum Gasteiger partial charge on any atom is 0.289 e. The number of nitrogens with zero attached hydrogens (tertiary/aromatic N) is 2. The number of nitrogens with one attached hydrogen (secondary N) is 1. The summed E-state index contributed by atoms with van der Waals surface area (Å²) in [5.74, 6) is 0.733. The van der Waals surface area contributed by atoms with Gasteiger partial charge in [0.15, 0.2) is 10.0 Å². The molecule has 0 aliphatic heterocycles. The maximum absolute atomic E-state index is 12.6. The number of nitro groups is 1. The third-order valence-electron chi connectivity index (χ3n) is 3.81. The van der Waals surface area contributed by atoms with Gasteiger partial charge in [-0.2, -0.15) is 0 Å². The summed E-state index contributed by atoms with van der Waals surface area (Å²) in [5.41, 5.74) is 0.955. The molecule has 10 heteroatoms. The second-order valence-corrected chi connectivity index (χ2v) is 8.57. The van der Waals surface area contributed by atoms with Gasteiger partial charge < -0.3 is 4.74 Å². The Balaban J connectivity index is 1.90. The van der Waals surface area contributed by atoms with E-state index in [1.54, 1.807) is 0 Å². The molecule has 146 valence electrons. The van der Waals surface area contributed by atoms with Gasteiger partial charge in [0.25, 0.3) is 15.7 Å². The number of aromatic nitrogens is 1. The molecule has 1 aromatic heterocycles. The maximum atomic E-state index is 12.6. The fourth-order valence-electron chi connectivity index (χ4n) is 2.59. The molecular weight excluding hydrogens is 402 g/mol. The normalized spacial score (nSPS) is 11.2. The van der Waals surface area contributed by atoms with Gasteiger partial charge in [-0.1, -0.05) is 12.1 Å². The van der Waals surface area contributed by atoms with Gasteiger partial charge in [0, 0.05) is 16.5 Å². The molecule has 28 heavy (non-hydrogen) atoms. The fraction of sp³-hybridized carbons (Fsp3) is 0.167. The van der Waals surface area contributed by atoms with Gasteiger partial charge in [-0.05, 0) is 44.2 Å². The van der Waals surface area contributed by atoms with Crippen molar-refractivity contribution >= 4 is 32.2 Å². The van der Waals surface area contributed by atoms with Crippen LogP contribution in [0.3, 0.4) is 0 Å². The van der Waals surface area contributed by atoms with Crippen LogP contribution in [-0.4, -0.2) is 24.9 Å². The van der Waals surface area contributed by atoms with Crippen molar-refractivity contribution in [2.24, 2.45) is 0 Å². The van der Waals surface area contributed by atoms with E-state index < -0.39 is 25.5 Å². The number of para-hydroxylation sites is 1. The van der Waals surface area contributed by atoms with Crippen LogP contribution in [0.15, 0.2) is 53.4 Å². The summed E-state index contributed by atoms with van der Waals surface area (Å²) in [4.78, 5) is 15.2. The van der Waals surface area contributed by atoms with Crippen molar-refractivity contribution in [2.75, 3.05) is 11.3 Å². The van der Waals surface area contributed by atoms with Gasteiger partial charge in [-0.25, -0.2) is 13.4 Å². The molecule has 0 amide bonds. The molecule has 3 rings (SSSR count). The van der Waals surface area contributed by atoms with Crippen LogP contribution in [0.4, 0.5) is 10.8 Å². The van der Waals surface area contributed by atoms with Crippen LogP contribution in [0.5, 0.6) is 5.75 Å². The van der Waals surface area contributed by atoms with E-state index in [4.69, 9.17) is 4.74 Å². The molecule has 0 fully saturated rings. The number of aryl methyl sites for hydroxylation is 1. The SMILES string of the molecule is CCOc1ccc(-c2nc(NS(=O)(=O)c3ccccc3[N+](=O)[O-])sc2C)cc1. The van der Waals surface area contributed by atoms with Gasteiger partial charge >= 0.3 is 0 Å². The minimum atomic E-state index is -4.15. The summed E-state index contributed by atoms with van der Waals surface area (Å²) < 4.78 is 33.0. The van der Waals surface area contributed by atoms with E-state index in [2.05, 4.69) is 9.71 Å². The minimum Gasteiger partial charge on any atom is -0.494 e. The molecular formula is C18H17N3O5S2. The Kier molecular flexibility index (Phi) is 5.61. The highest BCUT2D eigenvalue weighted by Gasteiger charge is 2.26. The lowest BCUT2D eigenvalue weighted by Crippen LogP contribution is -2.14. The third kappa shape index (κ3) is 4.12. The van der Waals surface area contributed by atoms with Gasteiger partial charge in [0.05, 0.1) is 17.2 Å². The van der Waals surface area contributed by atoms with Gasteiger partial charge in [-0.3, -0.25) is 14.8 Å². The van der Waals surface area contributed by atoms with Gasteiger partial charge in [-0.15, -0.1) is 11.3 Å². The summed E-state index contributed by atoms with van der Waals surface area (Å²) in [6.07, 6.45) is 0. The number of rotatable bonds is 7. The molecule has 1 N–H and O–H groups in total. The number of hydrogen-bond acceptors (Lipinski definition) is 7. The minimum absolute atomic E-state index is 0.138. The summed E-state index contributed by atoms with van der Waals surface area (Å²) >= 11 is 1.16.